The normalized spacial score (nSPS) is 30.1. The Balaban J connectivity index is 1.75. The number of rotatable bonds is 2. The predicted octanol–water partition coefficient (Wildman–Crippen LogP) is 2.32. The van der Waals surface area contributed by atoms with E-state index in [-0.39, 0.29) is 29.3 Å². The van der Waals surface area contributed by atoms with Gasteiger partial charge in [-0.25, -0.2) is 0 Å². The smallest absolute Gasteiger partial charge is 0.230 e. The summed E-state index contributed by atoms with van der Waals surface area (Å²) in [5.41, 5.74) is 0.0471. The number of ether oxygens (including phenoxy) is 1. The Morgan fingerprint density at radius 2 is 2.05 bits per heavy atom. The van der Waals surface area contributed by atoms with Crippen LogP contribution in [0.2, 0.25) is 0 Å². The fourth-order valence-electron chi connectivity index (χ4n) is 3.42. The van der Waals surface area contributed by atoms with Crippen LogP contribution in [0.5, 0.6) is 0 Å². The van der Waals surface area contributed by atoms with Gasteiger partial charge in [-0.2, -0.15) is 4.98 Å². The molecule has 2 aliphatic heterocycles. The molecule has 3 rings (SSSR count). The lowest BCUT2D eigenvalue weighted by Crippen LogP contribution is -2.34. The molecule has 0 N–H and O–H groups in total. The number of hydrogen-bond acceptors (Lipinski definition) is 5. The summed E-state index contributed by atoms with van der Waals surface area (Å²) in [6.45, 7) is 8.01. The Bertz CT molecular complexity index is 549. The van der Waals surface area contributed by atoms with Crippen LogP contribution < -0.4 is 0 Å². The monoisotopic (exact) mass is 307 g/mol. The van der Waals surface area contributed by atoms with Crippen molar-refractivity contribution in [1.82, 2.24) is 15.0 Å². The molecule has 1 aromatic heterocycles. The van der Waals surface area contributed by atoms with E-state index in [1.807, 2.05) is 7.05 Å². The molecule has 2 aliphatic rings. The van der Waals surface area contributed by atoms with Crippen LogP contribution in [0.1, 0.15) is 63.6 Å². The van der Waals surface area contributed by atoms with Gasteiger partial charge in [0.15, 0.2) is 5.82 Å². The highest BCUT2D eigenvalue weighted by Gasteiger charge is 2.41. The average Bonchev–Trinajstić information content (AvgIpc) is 3.08. The summed E-state index contributed by atoms with van der Waals surface area (Å²) in [5.74, 6) is 1.72. The fraction of sp³-hybridized carbons (Fsp3) is 0.812. The number of amides is 1. The van der Waals surface area contributed by atoms with Crippen LogP contribution in [-0.2, 0) is 9.53 Å². The van der Waals surface area contributed by atoms with Crippen LogP contribution in [0, 0.1) is 5.41 Å². The quantitative estimate of drug-likeness (QED) is 0.838. The van der Waals surface area contributed by atoms with Gasteiger partial charge in [0, 0.05) is 32.5 Å². The zero-order valence-electron chi connectivity index (χ0n) is 13.8. The van der Waals surface area contributed by atoms with E-state index >= 15 is 0 Å². The van der Waals surface area contributed by atoms with Crippen LogP contribution >= 0.6 is 0 Å². The van der Waals surface area contributed by atoms with Gasteiger partial charge in [0.25, 0.3) is 0 Å². The van der Waals surface area contributed by atoms with Gasteiger partial charge < -0.3 is 14.2 Å². The van der Waals surface area contributed by atoms with E-state index in [0.29, 0.717) is 12.3 Å². The number of hydrogen-bond donors (Lipinski definition) is 0. The summed E-state index contributed by atoms with van der Waals surface area (Å²) in [5, 5.41) is 4.19. The largest absolute Gasteiger partial charge is 0.377 e. The van der Waals surface area contributed by atoms with Crippen molar-refractivity contribution in [1.29, 1.82) is 0 Å². The number of aromatic nitrogens is 2. The Morgan fingerprint density at radius 1 is 1.27 bits per heavy atom. The average molecular weight is 307 g/mol. The van der Waals surface area contributed by atoms with E-state index in [0.717, 1.165) is 31.8 Å². The van der Waals surface area contributed by atoms with Crippen LogP contribution in [0.3, 0.4) is 0 Å². The molecule has 2 fully saturated rings. The molecule has 1 amide bonds. The molecule has 1 aromatic rings. The SMILES string of the molecule is CN1CC[C@H](c2nc([C@H]3CCO[C@@H]3C(C)(C)C)no2)CC1=O. The maximum Gasteiger partial charge on any atom is 0.230 e. The van der Waals surface area contributed by atoms with Crippen molar-refractivity contribution in [3.63, 3.8) is 0 Å². The molecule has 0 aliphatic carbocycles. The van der Waals surface area contributed by atoms with Crippen molar-refractivity contribution >= 4 is 5.91 Å². The van der Waals surface area contributed by atoms with Crippen molar-refractivity contribution < 1.29 is 14.1 Å². The topological polar surface area (TPSA) is 68.5 Å². The molecule has 0 bridgehead atoms. The van der Waals surface area contributed by atoms with E-state index in [1.165, 1.54) is 0 Å². The van der Waals surface area contributed by atoms with E-state index in [4.69, 9.17) is 9.26 Å². The van der Waals surface area contributed by atoms with Crippen molar-refractivity contribution in [2.75, 3.05) is 20.2 Å². The first kappa shape index (κ1) is 15.5. The van der Waals surface area contributed by atoms with E-state index in [9.17, 15) is 4.79 Å². The molecule has 0 unspecified atom stereocenters. The highest BCUT2D eigenvalue weighted by atomic mass is 16.5. The molecule has 3 atom stereocenters. The Kier molecular flexibility index (Phi) is 3.97. The standard InChI is InChI=1S/C16H25N3O3/c1-16(2,3)13-11(6-8-21-13)14-17-15(22-18-14)10-5-7-19(4)12(20)9-10/h10-11,13H,5-9H2,1-4H3/t10-,11-,13-/m0/s1. The zero-order valence-corrected chi connectivity index (χ0v) is 13.8. The molecule has 3 heterocycles. The third-order valence-electron chi connectivity index (χ3n) is 4.74. The minimum Gasteiger partial charge on any atom is -0.377 e. The van der Waals surface area contributed by atoms with Gasteiger partial charge in [-0.05, 0) is 18.3 Å². The molecule has 0 radical (unpaired) electrons. The minimum atomic E-state index is 0.0471. The predicted molar refractivity (Wildman–Crippen MR) is 80.5 cm³/mol. The molecule has 2 saturated heterocycles. The van der Waals surface area contributed by atoms with Crippen LogP contribution in [0.15, 0.2) is 4.52 Å². The Hall–Kier alpha value is -1.43. The molecule has 122 valence electrons. The van der Waals surface area contributed by atoms with Gasteiger partial charge in [0.05, 0.1) is 12.0 Å². The number of nitrogens with zero attached hydrogens (tertiary/aromatic N) is 3. The van der Waals surface area contributed by atoms with Crippen molar-refractivity contribution in [3.8, 4) is 0 Å². The van der Waals surface area contributed by atoms with Crippen molar-refractivity contribution in [2.24, 2.45) is 5.41 Å². The van der Waals surface area contributed by atoms with Crippen molar-refractivity contribution in [3.05, 3.63) is 11.7 Å². The maximum absolute atomic E-state index is 11.8. The second-order valence-electron chi connectivity index (χ2n) is 7.55. The molecule has 22 heavy (non-hydrogen) atoms. The lowest BCUT2D eigenvalue weighted by Gasteiger charge is -2.29. The fourth-order valence-corrected chi connectivity index (χ4v) is 3.42. The number of carbonyl (C=O) groups excluding carboxylic acids is 1. The van der Waals surface area contributed by atoms with E-state index in [2.05, 4.69) is 30.9 Å². The first-order valence-electron chi connectivity index (χ1n) is 8.05. The second kappa shape index (κ2) is 5.65. The van der Waals surface area contributed by atoms with Gasteiger partial charge in [-0.15, -0.1) is 0 Å². The van der Waals surface area contributed by atoms with Gasteiger partial charge in [0.1, 0.15) is 0 Å². The molecule has 0 saturated carbocycles. The summed E-state index contributed by atoms with van der Waals surface area (Å²) < 4.78 is 11.4. The van der Waals surface area contributed by atoms with Gasteiger partial charge in [0.2, 0.25) is 11.8 Å². The first-order valence-corrected chi connectivity index (χ1v) is 8.05. The van der Waals surface area contributed by atoms with E-state index < -0.39 is 0 Å². The third kappa shape index (κ3) is 2.89. The summed E-state index contributed by atoms with van der Waals surface area (Å²) in [6.07, 6.45) is 2.38. The minimum absolute atomic E-state index is 0.0471. The lowest BCUT2D eigenvalue weighted by atomic mass is 9.81. The summed E-state index contributed by atoms with van der Waals surface area (Å²) in [6, 6.07) is 0. The summed E-state index contributed by atoms with van der Waals surface area (Å²) in [7, 11) is 1.83. The third-order valence-corrected chi connectivity index (χ3v) is 4.74. The molecular weight excluding hydrogens is 282 g/mol. The highest BCUT2D eigenvalue weighted by molar-refractivity contribution is 5.77. The number of likely N-dealkylation sites (tertiary alicyclic amines) is 1. The van der Waals surface area contributed by atoms with Crippen LogP contribution in [-0.4, -0.2) is 47.3 Å². The summed E-state index contributed by atoms with van der Waals surface area (Å²) >= 11 is 0. The first-order chi connectivity index (χ1) is 10.4. The Morgan fingerprint density at radius 3 is 2.73 bits per heavy atom. The maximum atomic E-state index is 11.8. The van der Waals surface area contributed by atoms with Crippen molar-refractivity contribution in [2.45, 2.75) is 58.0 Å². The summed E-state index contributed by atoms with van der Waals surface area (Å²) in [4.78, 5) is 18.2. The Labute approximate surface area is 131 Å². The number of carbonyl (C=O) groups is 1. The van der Waals surface area contributed by atoms with Gasteiger partial charge in [-0.1, -0.05) is 25.9 Å². The molecule has 0 aromatic carbocycles. The molecule has 6 nitrogen and oxygen atoms in total. The van der Waals surface area contributed by atoms with Crippen LogP contribution in [0.25, 0.3) is 0 Å². The lowest BCUT2D eigenvalue weighted by molar-refractivity contribution is -0.132. The van der Waals surface area contributed by atoms with Gasteiger partial charge >= 0.3 is 0 Å². The molecular formula is C16H25N3O3. The number of piperidine rings is 1. The molecule has 0 spiro atoms. The van der Waals surface area contributed by atoms with Gasteiger partial charge in [-0.3, -0.25) is 4.79 Å². The highest BCUT2D eigenvalue weighted by Crippen LogP contribution is 2.40. The second-order valence-corrected chi connectivity index (χ2v) is 7.55. The van der Waals surface area contributed by atoms with E-state index in [1.54, 1.807) is 4.90 Å². The zero-order chi connectivity index (χ0) is 15.9. The van der Waals surface area contributed by atoms with Crippen LogP contribution in [0.4, 0.5) is 0 Å². The molecule has 6 heteroatoms.